The largest absolute Gasteiger partial charge is 0.236 e. The van der Waals surface area contributed by atoms with Crippen molar-refractivity contribution in [2.45, 2.75) is 25.2 Å². The molecule has 0 unspecified atom stereocenters. The van der Waals surface area contributed by atoms with Gasteiger partial charge in [0.25, 0.3) is 0 Å². The van der Waals surface area contributed by atoms with E-state index >= 15 is 0 Å². The Morgan fingerprint density at radius 2 is 1.89 bits per heavy atom. The van der Waals surface area contributed by atoms with Gasteiger partial charge >= 0.3 is 0 Å². The van der Waals surface area contributed by atoms with E-state index in [0.29, 0.717) is 23.3 Å². The van der Waals surface area contributed by atoms with E-state index in [2.05, 4.69) is 25.9 Å². The Hall–Kier alpha value is -1.00. The number of benzene rings is 1. The molecule has 1 fully saturated rings. The second-order valence-electron chi connectivity index (χ2n) is 4.71. The maximum absolute atomic E-state index is 12.9. The molecule has 98 valence electrons. The van der Waals surface area contributed by atoms with Gasteiger partial charge in [-0.25, -0.2) is 14.4 Å². The van der Waals surface area contributed by atoms with E-state index in [4.69, 9.17) is 11.6 Å². The Balaban J connectivity index is 1.90. The predicted octanol–water partition coefficient (Wildman–Crippen LogP) is 4.50. The Labute approximate surface area is 124 Å². The highest BCUT2D eigenvalue weighted by atomic mass is 79.9. The molecule has 0 amide bonds. The number of rotatable bonds is 3. The smallest absolute Gasteiger partial charge is 0.147 e. The summed E-state index contributed by atoms with van der Waals surface area (Å²) in [4.78, 5) is 8.85. The molecule has 0 aliphatic heterocycles. The molecule has 2 nitrogen and oxygen atoms in total. The molecular weight excluding hydrogens is 331 g/mol. The fourth-order valence-electron chi connectivity index (χ4n) is 1.97. The minimum absolute atomic E-state index is 0.239. The third-order valence-corrected chi connectivity index (χ3v) is 4.41. The lowest BCUT2D eigenvalue weighted by Gasteiger charge is -2.07. The van der Waals surface area contributed by atoms with Crippen molar-refractivity contribution >= 4 is 27.5 Å². The number of halogens is 3. The lowest BCUT2D eigenvalue weighted by Crippen LogP contribution is -2.02. The van der Waals surface area contributed by atoms with E-state index in [1.54, 1.807) is 12.1 Å². The fraction of sp³-hybridized carbons (Fsp3) is 0.286. The van der Waals surface area contributed by atoms with Crippen LogP contribution in [0.5, 0.6) is 0 Å². The zero-order valence-electron chi connectivity index (χ0n) is 10.0. The van der Waals surface area contributed by atoms with Crippen molar-refractivity contribution in [1.82, 2.24) is 9.97 Å². The minimum atomic E-state index is -0.239. The third kappa shape index (κ3) is 2.95. The predicted molar refractivity (Wildman–Crippen MR) is 75.9 cm³/mol. The summed E-state index contributed by atoms with van der Waals surface area (Å²) < 4.78 is 13.7. The Morgan fingerprint density at radius 1 is 1.21 bits per heavy atom. The fourth-order valence-corrected chi connectivity index (χ4v) is 2.67. The van der Waals surface area contributed by atoms with Crippen molar-refractivity contribution in [2.75, 3.05) is 0 Å². The first-order chi connectivity index (χ1) is 9.13. The van der Waals surface area contributed by atoms with E-state index < -0.39 is 0 Å². The van der Waals surface area contributed by atoms with Gasteiger partial charge in [0.15, 0.2) is 0 Å². The van der Waals surface area contributed by atoms with Gasteiger partial charge in [0.2, 0.25) is 0 Å². The highest BCUT2D eigenvalue weighted by Gasteiger charge is 2.29. The molecule has 0 N–H and O–H groups in total. The van der Waals surface area contributed by atoms with Crippen molar-refractivity contribution in [3.8, 4) is 0 Å². The first-order valence-corrected chi connectivity index (χ1v) is 7.27. The molecule has 0 spiro atoms. The van der Waals surface area contributed by atoms with Crippen molar-refractivity contribution in [3.63, 3.8) is 0 Å². The van der Waals surface area contributed by atoms with Crippen molar-refractivity contribution in [2.24, 2.45) is 0 Å². The summed E-state index contributed by atoms with van der Waals surface area (Å²) in [6.45, 7) is 0. The summed E-state index contributed by atoms with van der Waals surface area (Å²) in [7, 11) is 0. The molecule has 3 rings (SSSR count). The van der Waals surface area contributed by atoms with Gasteiger partial charge in [0.05, 0.1) is 10.2 Å². The summed E-state index contributed by atoms with van der Waals surface area (Å²) in [5.74, 6) is 0.945. The lowest BCUT2D eigenvalue weighted by molar-refractivity contribution is 0.627. The van der Waals surface area contributed by atoms with E-state index in [9.17, 15) is 4.39 Å². The van der Waals surface area contributed by atoms with Crippen molar-refractivity contribution in [3.05, 3.63) is 56.8 Å². The van der Waals surface area contributed by atoms with Crippen LogP contribution in [-0.4, -0.2) is 9.97 Å². The van der Waals surface area contributed by atoms with Gasteiger partial charge in [-0.15, -0.1) is 0 Å². The number of nitrogens with zero attached hydrogens (tertiary/aromatic N) is 2. The topological polar surface area (TPSA) is 25.8 Å². The van der Waals surface area contributed by atoms with Crippen LogP contribution in [0.2, 0.25) is 5.15 Å². The molecule has 1 aromatic heterocycles. The quantitative estimate of drug-likeness (QED) is 0.768. The molecular formula is C14H11BrClFN2. The van der Waals surface area contributed by atoms with Crippen molar-refractivity contribution in [1.29, 1.82) is 0 Å². The van der Waals surface area contributed by atoms with Gasteiger partial charge in [-0.05, 0) is 46.5 Å². The van der Waals surface area contributed by atoms with Crippen LogP contribution in [0, 0.1) is 5.82 Å². The Morgan fingerprint density at radius 3 is 2.53 bits per heavy atom. The summed E-state index contributed by atoms with van der Waals surface area (Å²) >= 11 is 9.57. The number of hydrogen-bond acceptors (Lipinski definition) is 2. The first kappa shape index (κ1) is 13.0. The normalized spacial score (nSPS) is 14.7. The SMILES string of the molecule is Fc1ccc(Cc2nc(Cl)c(Br)c(C3CC3)n2)cc1. The standard InChI is InChI=1S/C14H11BrClFN2/c15-12-13(9-3-4-9)18-11(19-14(12)16)7-8-1-5-10(17)6-2-8/h1-2,5-6,9H,3-4,7H2. The van der Waals surface area contributed by atoms with Crippen LogP contribution in [0.25, 0.3) is 0 Å². The van der Waals surface area contributed by atoms with Crippen LogP contribution in [-0.2, 0) is 6.42 Å². The molecule has 0 atom stereocenters. The van der Waals surface area contributed by atoms with E-state index in [-0.39, 0.29) is 5.82 Å². The summed E-state index contributed by atoms with van der Waals surface area (Å²) in [6, 6.07) is 6.37. The summed E-state index contributed by atoms with van der Waals surface area (Å²) in [6.07, 6.45) is 2.87. The summed E-state index contributed by atoms with van der Waals surface area (Å²) in [5.41, 5.74) is 1.97. The zero-order chi connectivity index (χ0) is 13.4. The van der Waals surface area contributed by atoms with Gasteiger partial charge in [-0.1, -0.05) is 23.7 Å². The number of aromatic nitrogens is 2. The highest BCUT2D eigenvalue weighted by molar-refractivity contribution is 9.10. The Kier molecular flexibility index (Phi) is 3.54. The van der Waals surface area contributed by atoms with Gasteiger partial charge < -0.3 is 0 Å². The third-order valence-electron chi connectivity index (χ3n) is 3.12. The monoisotopic (exact) mass is 340 g/mol. The molecule has 19 heavy (non-hydrogen) atoms. The lowest BCUT2D eigenvalue weighted by atomic mass is 10.1. The van der Waals surface area contributed by atoms with Gasteiger partial charge in [-0.2, -0.15) is 0 Å². The zero-order valence-corrected chi connectivity index (χ0v) is 12.4. The van der Waals surface area contributed by atoms with Crippen molar-refractivity contribution < 1.29 is 4.39 Å². The maximum Gasteiger partial charge on any atom is 0.147 e. The molecule has 0 saturated heterocycles. The maximum atomic E-state index is 12.9. The Bertz CT molecular complexity index is 612. The summed E-state index contributed by atoms with van der Waals surface area (Å²) in [5, 5.41) is 0.453. The number of hydrogen-bond donors (Lipinski definition) is 0. The van der Waals surface area contributed by atoms with Gasteiger partial charge in [-0.3, -0.25) is 0 Å². The van der Waals surface area contributed by atoms with Crippen LogP contribution in [0.1, 0.15) is 35.8 Å². The van der Waals surface area contributed by atoms with Gasteiger partial charge in [0.1, 0.15) is 16.8 Å². The second-order valence-corrected chi connectivity index (χ2v) is 5.86. The molecule has 5 heteroatoms. The molecule has 1 saturated carbocycles. The molecule has 2 aromatic rings. The average molecular weight is 342 g/mol. The molecule has 0 radical (unpaired) electrons. The van der Waals surface area contributed by atoms with E-state index in [1.165, 1.54) is 12.1 Å². The van der Waals surface area contributed by atoms with E-state index in [1.807, 2.05) is 0 Å². The molecule has 1 heterocycles. The molecule has 1 aromatic carbocycles. The first-order valence-electron chi connectivity index (χ1n) is 6.10. The van der Waals surface area contributed by atoms with Gasteiger partial charge in [0, 0.05) is 12.3 Å². The van der Waals surface area contributed by atoms with Crippen LogP contribution in [0.15, 0.2) is 28.7 Å². The molecule has 1 aliphatic rings. The minimum Gasteiger partial charge on any atom is -0.236 e. The second kappa shape index (κ2) is 5.17. The van der Waals surface area contributed by atoms with Crippen LogP contribution < -0.4 is 0 Å². The van der Waals surface area contributed by atoms with E-state index in [0.717, 1.165) is 28.6 Å². The molecule has 1 aliphatic carbocycles. The van der Waals surface area contributed by atoms with Crippen LogP contribution >= 0.6 is 27.5 Å². The van der Waals surface area contributed by atoms with Crippen LogP contribution in [0.3, 0.4) is 0 Å². The average Bonchev–Trinajstić information content (AvgIpc) is 3.21. The molecule has 0 bridgehead atoms. The van der Waals surface area contributed by atoms with Crippen LogP contribution in [0.4, 0.5) is 4.39 Å². The highest BCUT2D eigenvalue weighted by Crippen LogP contribution is 2.43.